The molecule has 0 atom stereocenters. The molecule has 0 unspecified atom stereocenters. The molecule has 19 heavy (non-hydrogen) atoms. The first-order valence-corrected chi connectivity index (χ1v) is 6.69. The van der Waals surface area contributed by atoms with Gasteiger partial charge in [0.25, 0.3) is 5.89 Å². The van der Waals surface area contributed by atoms with Gasteiger partial charge in [-0.2, -0.15) is 10.1 Å². The third-order valence-electron chi connectivity index (χ3n) is 3.99. The number of hydrogen-bond donors (Lipinski definition) is 1. The van der Waals surface area contributed by atoms with Gasteiger partial charge in [0, 0.05) is 13.2 Å². The summed E-state index contributed by atoms with van der Waals surface area (Å²) in [7, 11) is 1.85. The molecule has 0 radical (unpaired) electrons. The SMILES string of the molecule is CC1CCC(N)(c2noc(-c3cnn(C)c3)n2)CC1. The maximum absolute atomic E-state index is 6.43. The van der Waals surface area contributed by atoms with Crippen molar-refractivity contribution >= 4 is 0 Å². The van der Waals surface area contributed by atoms with Crippen LogP contribution in [-0.4, -0.2) is 19.9 Å². The number of hydrogen-bond acceptors (Lipinski definition) is 5. The maximum Gasteiger partial charge on any atom is 0.261 e. The van der Waals surface area contributed by atoms with Gasteiger partial charge in [0.1, 0.15) is 0 Å². The van der Waals surface area contributed by atoms with E-state index in [0.29, 0.717) is 11.7 Å². The molecule has 6 heteroatoms. The molecule has 2 aromatic heterocycles. The van der Waals surface area contributed by atoms with Gasteiger partial charge in [-0.05, 0) is 31.6 Å². The number of nitrogens with zero attached hydrogens (tertiary/aromatic N) is 4. The summed E-state index contributed by atoms with van der Waals surface area (Å²) in [4.78, 5) is 4.46. The van der Waals surface area contributed by atoms with Gasteiger partial charge in [0.05, 0.1) is 17.3 Å². The van der Waals surface area contributed by atoms with Crippen LogP contribution < -0.4 is 5.73 Å². The van der Waals surface area contributed by atoms with Crippen LogP contribution >= 0.6 is 0 Å². The molecular weight excluding hydrogens is 242 g/mol. The second-order valence-electron chi connectivity index (χ2n) is 5.66. The highest BCUT2D eigenvalue weighted by molar-refractivity contribution is 5.49. The lowest BCUT2D eigenvalue weighted by molar-refractivity contribution is 0.230. The number of nitrogens with two attached hydrogens (primary N) is 1. The highest BCUT2D eigenvalue weighted by Crippen LogP contribution is 2.36. The molecule has 1 fully saturated rings. The Morgan fingerprint density at radius 2 is 2.16 bits per heavy atom. The highest BCUT2D eigenvalue weighted by atomic mass is 16.5. The Morgan fingerprint density at radius 3 is 2.79 bits per heavy atom. The van der Waals surface area contributed by atoms with Crippen molar-refractivity contribution in [2.24, 2.45) is 18.7 Å². The van der Waals surface area contributed by atoms with Gasteiger partial charge in [0.15, 0.2) is 5.82 Å². The average molecular weight is 261 g/mol. The van der Waals surface area contributed by atoms with Gasteiger partial charge in [-0.25, -0.2) is 0 Å². The van der Waals surface area contributed by atoms with Crippen molar-refractivity contribution in [1.82, 2.24) is 19.9 Å². The van der Waals surface area contributed by atoms with Crippen molar-refractivity contribution in [3.05, 3.63) is 18.2 Å². The topological polar surface area (TPSA) is 82.8 Å². The van der Waals surface area contributed by atoms with E-state index in [1.54, 1.807) is 10.9 Å². The zero-order chi connectivity index (χ0) is 13.5. The van der Waals surface area contributed by atoms with Crippen LogP contribution in [0.15, 0.2) is 16.9 Å². The van der Waals surface area contributed by atoms with Crippen LogP contribution in [-0.2, 0) is 12.6 Å². The molecule has 102 valence electrons. The molecule has 3 rings (SSSR count). The van der Waals surface area contributed by atoms with E-state index in [2.05, 4.69) is 22.2 Å². The minimum Gasteiger partial charge on any atom is -0.334 e. The van der Waals surface area contributed by atoms with Crippen molar-refractivity contribution in [3.63, 3.8) is 0 Å². The fraction of sp³-hybridized carbons (Fsp3) is 0.615. The van der Waals surface area contributed by atoms with Crippen LogP contribution in [0.5, 0.6) is 0 Å². The molecular formula is C13H19N5O. The highest BCUT2D eigenvalue weighted by Gasteiger charge is 2.36. The average Bonchev–Trinajstić information content (AvgIpc) is 3.02. The molecule has 0 spiro atoms. The molecule has 1 aliphatic rings. The molecule has 0 saturated heterocycles. The summed E-state index contributed by atoms with van der Waals surface area (Å²) in [6.45, 7) is 2.26. The standard InChI is InChI=1S/C13H19N5O/c1-9-3-5-13(14,6-4-9)12-16-11(19-17-12)10-7-15-18(2)8-10/h7-9H,3-6,14H2,1-2H3. The summed E-state index contributed by atoms with van der Waals surface area (Å²) >= 11 is 0. The van der Waals surface area contributed by atoms with E-state index in [-0.39, 0.29) is 0 Å². The molecule has 2 N–H and O–H groups in total. The molecule has 1 saturated carbocycles. The van der Waals surface area contributed by atoms with Crippen molar-refractivity contribution in [1.29, 1.82) is 0 Å². The fourth-order valence-corrected chi connectivity index (χ4v) is 2.58. The van der Waals surface area contributed by atoms with E-state index >= 15 is 0 Å². The van der Waals surface area contributed by atoms with Crippen molar-refractivity contribution < 1.29 is 4.52 Å². The van der Waals surface area contributed by atoms with Crippen LogP contribution in [0, 0.1) is 5.92 Å². The third kappa shape index (κ3) is 2.28. The molecule has 0 aliphatic heterocycles. The van der Waals surface area contributed by atoms with Crippen LogP contribution in [0.4, 0.5) is 0 Å². The molecule has 0 bridgehead atoms. The molecule has 2 heterocycles. The Hall–Kier alpha value is -1.69. The monoisotopic (exact) mass is 261 g/mol. The van der Waals surface area contributed by atoms with Crippen molar-refractivity contribution in [2.75, 3.05) is 0 Å². The summed E-state index contributed by atoms with van der Waals surface area (Å²) in [6, 6.07) is 0. The van der Waals surface area contributed by atoms with E-state index in [1.807, 2.05) is 13.2 Å². The van der Waals surface area contributed by atoms with Gasteiger partial charge in [-0.1, -0.05) is 12.1 Å². The van der Waals surface area contributed by atoms with E-state index < -0.39 is 5.54 Å². The third-order valence-corrected chi connectivity index (χ3v) is 3.99. The first-order valence-electron chi connectivity index (χ1n) is 6.69. The Balaban J connectivity index is 1.85. The molecule has 0 amide bonds. The second-order valence-corrected chi connectivity index (χ2v) is 5.66. The Kier molecular flexibility index (Phi) is 2.89. The molecule has 0 aromatic carbocycles. The van der Waals surface area contributed by atoms with Crippen LogP contribution in [0.1, 0.15) is 38.4 Å². The molecule has 2 aromatic rings. The minimum atomic E-state index is -0.434. The lowest BCUT2D eigenvalue weighted by Gasteiger charge is -2.33. The molecule has 6 nitrogen and oxygen atoms in total. The summed E-state index contributed by atoms with van der Waals surface area (Å²) < 4.78 is 7.02. The van der Waals surface area contributed by atoms with Crippen molar-refractivity contribution in [3.8, 4) is 11.5 Å². The quantitative estimate of drug-likeness (QED) is 0.891. The zero-order valence-electron chi connectivity index (χ0n) is 11.3. The van der Waals surface area contributed by atoms with Gasteiger partial charge < -0.3 is 10.3 Å². The predicted molar refractivity (Wildman–Crippen MR) is 70.0 cm³/mol. The smallest absolute Gasteiger partial charge is 0.261 e. The van der Waals surface area contributed by atoms with E-state index in [1.165, 1.54) is 0 Å². The van der Waals surface area contributed by atoms with Crippen LogP contribution in [0.3, 0.4) is 0 Å². The van der Waals surface area contributed by atoms with Crippen LogP contribution in [0.2, 0.25) is 0 Å². The summed E-state index contributed by atoms with van der Waals surface area (Å²) in [6.07, 6.45) is 7.63. The normalized spacial score (nSPS) is 27.6. The van der Waals surface area contributed by atoms with E-state index in [0.717, 1.165) is 37.2 Å². The molecule has 1 aliphatic carbocycles. The number of rotatable bonds is 2. The first-order chi connectivity index (χ1) is 9.07. The lowest BCUT2D eigenvalue weighted by Crippen LogP contribution is -2.41. The fourth-order valence-electron chi connectivity index (χ4n) is 2.58. The van der Waals surface area contributed by atoms with Gasteiger partial charge in [-0.3, -0.25) is 4.68 Å². The van der Waals surface area contributed by atoms with Crippen LogP contribution in [0.25, 0.3) is 11.5 Å². The Bertz CT molecular complexity index is 565. The van der Waals surface area contributed by atoms with Gasteiger partial charge in [0.2, 0.25) is 0 Å². The number of aryl methyl sites for hydroxylation is 1. The Labute approximate surface area is 112 Å². The van der Waals surface area contributed by atoms with Gasteiger partial charge >= 0.3 is 0 Å². The first kappa shape index (κ1) is 12.3. The predicted octanol–water partition coefficient (Wildman–Crippen LogP) is 1.83. The van der Waals surface area contributed by atoms with E-state index in [4.69, 9.17) is 10.3 Å². The largest absolute Gasteiger partial charge is 0.334 e. The number of aromatic nitrogens is 4. The summed E-state index contributed by atoms with van der Waals surface area (Å²) in [5, 5.41) is 8.17. The zero-order valence-corrected chi connectivity index (χ0v) is 11.3. The minimum absolute atomic E-state index is 0.434. The van der Waals surface area contributed by atoms with Gasteiger partial charge in [-0.15, -0.1) is 0 Å². The Morgan fingerprint density at radius 1 is 1.42 bits per heavy atom. The maximum atomic E-state index is 6.43. The van der Waals surface area contributed by atoms with E-state index in [9.17, 15) is 0 Å². The summed E-state index contributed by atoms with van der Waals surface area (Å²) in [5.74, 6) is 1.85. The van der Waals surface area contributed by atoms with Crippen molar-refractivity contribution in [2.45, 2.75) is 38.1 Å². The lowest BCUT2D eigenvalue weighted by atomic mass is 9.77. The second kappa shape index (κ2) is 4.45. The summed E-state index contributed by atoms with van der Waals surface area (Å²) in [5.41, 5.74) is 6.83.